The van der Waals surface area contributed by atoms with Gasteiger partial charge in [0, 0.05) is 29.2 Å². The van der Waals surface area contributed by atoms with Crippen LogP contribution >= 0.6 is 11.3 Å². The number of nitrogens with zero attached hydrogens (tertiary/aromatic N) is 2. The fourth-order valence-electron chi connectivity index (χ4n) is 5.03. The molecule has 1 fully saturated rings. The first-order chi connectivity index (χ1) is 15.4. The van der Waals surface area contributed by atoms with Gasteiger partial charge in [-0.2, -0.15) is 5.26 Å². The van der Waals surface area contributed by atoms with Gasteiger partial charge >= 0.3 is 5.97 Å². The number of nitriles is 1. The van der Waals surface area contributed by atoms with Crippen LogP contribution in [0.3, 0.4) is 0 Å². The Morgan fingerprint density at radius 3 is 2.69 bits per heavy atom. The number of nitrogens with two attached hydrogens (primary N) is 1. The lowest BCUT2D eigenvalue weighted by molar-refractivity contribution is 0.0606. The van der Waals surface area contributed by atoms with E-state index in [-0.39, 0.29) is 5.97 Å². The van der Waals surface area contributed by atoms with Crippen LogP contribution in [-0.4, -0.2) is 38.1 Å². The second-order valence-electron chi connectivity index (χ2n) is 9.21. The zero-order chi connectivity index (χ0) is 22.8. The Morgan fingerprint density at radius 1 is 1.25 bits per heavy atom. The van der Waals surface area contributed by atoms with Crippen molar-refractivity contribution in [2.45, 2.75) is 39.0 Å². The summed E-state index contributed by atoms with van der Waals surface area (Å²) in [7, 11) is 3.62. The Kier molecular flexibility index (Phi) is 6.68. The molecule has 0 spiro atoms. The third-order valence-electron chi connectivity index (χ3n) is 6.97. The van der Waals surface area contributed by atoms with Crippen molar-refractivity contribution >= 4 is 28.6 Å². The molecule has 5 nitrogen and oxygen atoms in total. The molecule has 2 heterocycles. The zero-order valence-corrected chi connectivity index (χ0v) is 19.9. The Hall–Kier alpha value is -2.62. The summed E-state index contributed by atoms with van der Waals surface area (Å²) in [5, 5.41) is 9.39. The third-order valence-corrected chi connectivity index (χ3v) is 8.13. The van der Waals surface area contributed by atoms with Crippen molar-refractivity contribution in [3.8, 4) is 16.5 Å². The molecule has 0 radical (unpaired) electrons. The predicted octanol–water partition coefficient (Wildman–Crippen LogP) is 5.57. The molecule has 1 saturated carbocycles. The first-order valence-electron chi connectivity index (χ1n) is 11.3. The molecule has 0 atom stereocenters. The van der Waals surface area contributed by atoms with E-state index in [1.54, 1.807) is 12.1 Å². The monoisotopic (exact) mass is 449 g/mol. The second kappa shape index (κ2) is 9.48. The zero-order valence-electron chi connectivity index (χ0n) is 19.1. The number of likely N-dealkylation sites (N-methyl/N-ethyl adjacent to an activating group) is 1. The minimum Gasteiger partial charge on any atom is -0.465 e. The predicted molar refractivity (Wildman–Crippen MR) is 130 cm³/mol. The number of rotatable bonds is 4. The Balaban J connectivity index is 1.82. The lowest BCUT2D eigenvalue weighted by Gasteiger charge is -2.35. The largest absolute Gasteiger partial charge is 0.465 e. The summed E-state index contributed by atoms with van der Waals surface area (Å²) in [6.45, 7) is 4.29. The molecule has 168 valence electrons. The number of carbonyl (C=O) groups is 1. The Labute approximate surface area is 194 Å². The number of nitrogen functional groups attached to an aromatic ring is 1. The van der Waals surface area contributed by atoms with E-state index in [0.717, 1.165) is 41.4 Å². The summed E-state index contributed by atoms with van der Waals surface area (Å²) < 4.78 is 5.16. The first-order valence-corrected chi connectivity index (χ1v) is 12.2. The summed E-state index contributed by atoms with van der Waals surface area (Å²) in [6, 6.07) is 9.75. The van der Waals surface area contributed by atoms with Crippen LogP contribution in [0.5, 0.6) is 0 Å². The summed E-state index contributed by atoms with van der Waals surface area (Å²) >= 11 is 1.44. The van der Waals surface area contributed by atoms with Gasteiger partial charge in [-0.1, -0.05) is 25.8 Å². The van der Waals surface area contributed by atoms with Crippen molar-refractivity contribution in [2.75, 3.05) is 33.0 Å². The van der Waals surface area contributed by atoms with Crippen molar-refractivity contribution in [2.24, 2.45) is 11.8 Å². The molecule has 0 unspecified atom stereocenters. The average Bonchev–Trinajstić information content (AvgIpc) is 3.24. The quantitative estimate of drug-likeness (QED) is 0.487. The molecule has 1 aliphatic carbocycles. The summed E-state index contributed by atoms with van der Waals surface area (Å²) in [5.74, 6) is 1.09. The van der Waals surface area contributed by atoms with Crippen LogP contribution in [0.1, 0.15) is 59.8 Å². The number of anilines is 1. The third kappa shape index (κ3) is 4.46. The smallest absolute Gasteiger partial charge is 0.348 e. The molecule has 1 aromatic heterocycles. The van der Waals surface area contributed by atoms with Crippen LogP contribution in [0.15, 0.2) is 29.8 Å². The fourth-order valence-corrected chi connectivity index (χ4v) is 6.13. The highest BCUT2D eigenvalue weighted by Crippen LogP contribution is 2.43. The van der Waals surface area contributed by atoms with E-state index in [1.165, 1.54) is 55.3 Å². The van der Waals surface area contributed by atoms with Gasteiger partial charge in [-0.3, -0.25) is 0 Å². The highest BCUT2D eigenvalue weighted by molar-refractivity contribution is 7.17. The molecule has 0 amide bonds. The highest BCUT2D eigenvalue weighted by Gasteiger charge is 2.30. The fraction of sp³-hybridized carbons (Fsp3) is 0.462. The number of hydrogen-bond acceptors (Lipinski definition) is 6. The van der Waals surface area contributed by atoms with Crippen molar-refractivity contribution in [1.29, 1.82) is 5.26 Å². The molecule has 0 saturated heterocycles. The summed E-state index contributed by atoms with van der Waals surface area (Å²) in [5.41, 5.74) is 11.6. The second-order valence-corrected chi connectivity index (χ2v) is 10.3. The van der Waals surface area contributed by atoms with E-state index in [2.05, 4.69) is 31.0 Å². The molecule has 1 aliphatic heterocycles. The lowest BCUT2D eigenvalue weighted by atomic mass is 9.75. The molecule has 2 aliphatic rings. The van der Waals surface area contributed by atoms with Crippen molar-refractivity contribution in [3.63, 3.8) is 0 Å². The minimum atomic E-state index is -0.296. The van der Waals surface area contributed by atoms with Gasteiger partial charge in [0.2, 0.25) is 0 Å². The molecule has 0 bridgehead atoms. The molecular formula is C26H31N3O2S. The number of hydrogen-bond donors (Lipinski definition) is 1. The number of methoxy groups -OCH3 is 1. The van der Waals surface area contributed by atoms with Gasteiger partial charge in [0.05, 0.1) is 12.7 Å². The van der Waals surface area contributed by atoms with Crippen LogP contribution in [0.4, 0.5) is 5.69 Å². The van der Waals surface area contributed by atoms with E-state index in [0.29, 0.717) is 22.0 Å². The number of esters is 1. The van der Waals surface area contributed by atoms with Gasteiger partial charge in [0.1, 0.15) is 10.9 Å². The number of benzene rings is 1. The molecule has 4 rings (SSSR count). The van der Waals surface area contributed by atoms with Gasteiger partial charge in [-0.25, -0.2) is 4.79 Å². The SMILES string of the molecule is COC(=O)c1sc(-c2ccc(N)c(C#N)c2)cc1C1=C(C2CCC(C)CC2)CN(C)CC1. The molecular weight excluding hydrogens is 418 g/mol. The molecule has 1 aromatic carbocycles. The van der Waals surface area contributed by atoms with Gasteiger partial charge in [0.25, 0.3) is 0 Å². The normalized spacial score (nSPS) is 21.9. The summed E-state index contributed by atoms with van der Waals surface area (Å²) in [4.78, 5) is 16.8. The van der Waals surface area contributed by atoms with Gasteiger partial charge in [-0.15, -0.1) is 11.3 Å². The Bertz CT molecular complexity index is 1090. The van der Waals surface area contributed by atoms with Crippen LogP contribution in [0.2, 0.25) is 0 Å². The maximum absolute atomic E-state index is 12.8. The van der Waals surface area contributed by atoms with Crippen LogP contribution < -0.4 is 5.73 Å². The molecule has 2 aromatic rings. The van der Waals surface area contributed by atoms with Gasteiger partial charge in [0.15, 0.2) is 0 Å². The maximum atomic E-state index is 12.8. The van der Waals surface area contributed by atoms with Gasteiger partial charge in [-0.05, 0) is 73.1 Å². The molecule has 2 N–H and O–H groups in total. The Morgan fingerprint density at radius 2 is 2.00 bits per heavy atom. The van der Waals surface area contributed by atoms with Crippen molar-refractivity contribution in [1.82, 2.24) is 4.90 Å². The summed E-state index contributed by atoms with van der Waals surface area (Å²) in [6.07, 6.45) is 5.92. The number of ether oxygens (including phenoxy) is 1. The van der Waals surface area contributed by atoms with E-state index >= 15 is 0 Å². The number of carbonyl (C=O) groups excluding carboxylic acids is 1. The topological polar surface area (TPSA) is 79.3 Å². The average molecular weight is 450 g/mol. The van der Waals surface area contributed by atoms with E-state index in [4.69, 9.17) is 10.5 Å². The van der Waals surface area contributed by atoms with Crippen LogP contribution in [-0.2, 0) is 4.74 Å². The van der Waals surface area contributed by atoms with E-state index in [9.17, 15) is 10.1 Å². The van der Waals surface area contributed by atoms with E-state index < -0.39 is 0 Å². The number of thiophene rings is 1. The standard InChI is InChI=1S/C26H31N3O2S/c1-16-4-6-17(7-5-16)22-15-29(2)11-10-20(22)21-13-24(32-25(21)26(30)31-3)18-8-9-23(28)19(12-18)14-27/h8-9,12-13,16-17H,4-7,10-11,15,28H2,1-3H3. The van der Waals surface area contributed by atoms with E-state index in [1.807, 2.05) is 6.07 Å². The maximum Gasteiger partial charge on any atom is 0.348 e. The first kappa shape index (κ1) is 22.6. The molecule has 32 heavy (non-hydrogen) atoms. The minimum absolute atomic E-state index is 0.296. The van der Waals surface area contributed by atoms with Crippen molar-refractivity contribution in [3.05, 3.63) is 45.8 Å². The van der Waals surface area contributed by atoms with Crippen LogP contribution in [0.25, 0.3) is 16.0 Å². The molecule has 6 heteroatoms. The van der Waals surface area contributed by atoms with Crippen molar-refractivity contribution < 1.29 is 9.53 Å². The van der Waals surface area contributed by atoms with Crippen LogP contribution in [0, 0.1) is 23.2 Å². The highest BCUT2D eigenvalue weighted by atomic mass is 32.1. The lowest BCUT2D eigenvalue weighted by Crippen LogP contribution is -2.31. The van der Waals surface area contributed by atoms with Gasteiger partial charge < -0.3 is 15.4 Å².